The third-order valence-electron chi connectivity index (χ3n) is 4.95. The molecule has 4 rings (SSSR count). The maximum Gasteiger partial charge on any atom is 0.279 e. The van der Waals surface area contributed by atoms with Crippen LogP contribution in [0.1, 0.15) is 17.3 Å². The van der Waals surface area contributed by atoms with Gasteiger partial charge in [0.05, 0.1) is 27.0 Å². The Kier molecular flexibility index (Phi) is 5.83. The summed E-state index contributed by atoms with van der Waals surface area (Å²) in [6, 6.07) is 3.57. The number of thioether (sulfide) groups is 1. The topological polar surface area (TPSA) is 117 Å². The van der Waals surface area contributed by atoms with Gasteiger partial charge >= 0.3 is 0 Å². The number of nitrogens with zero attached hydrogens (tertiary/aromatic N) is 4. The van der Waals surface area contributed by atoms with E-state index in [1.807, 2.05) is 14.0 Å². The maximum absolute atomic E-state index is 12.2. The van der Waals surface area contributed by atoms with Crippen LogP contribution in [0.5, 0.6) is 17.2 Å². The van der Waals surface area contributed by atoms with Crippen LogP contribution >= 0.6 is 11.8 Å². The number of imidazole rings is 1. The predicted octanol–water partition coefficient (Wildman–Crippen LogP) is 3.25. The molecule has 168 valence electrons. The molecule has 11 heteroatoms. The molecule has 0 unspecified atom stereocenters. The van der Waals surface area contributed by atoms with Gasteiger partial charge in [-0.15, -0.1) is 0 Å². The molecule has 0 bridgehead atoms. The summed E-state index contributed by atoms with van der Waals surface area (Å²) in [6.45, 7) is 3.60. The van der Waals surface area contributed by atoms with Crippen molar-refractivity contribution in [3.63, 3.8) is 0 Å². The average molecular weight is 458 g/mol. The van der Waals surface area contributed by atoms with E-state index < -0.39 is 0 Å². The van der Waals surface area contributed by atoms with Crippen LogP contribution in [0.15, 0.2) is 26.5 Å². The van der Waals surface area contributed by atoms with Crippen LogP contribution in [0.3, 0.4) is 0 Å². The lowest BCUT2D eigenvalue weighted by molar-refractivity contribution is 0.324. The molecular weight excluding hydrogens is 434 g/mol. The number of oxazole rings is 1. The summed E-state index contributed by atoms with van der Waals surface area (Å²) in [5.41, 5.74) is 2.08. The molecule has 1 aromatic carbocycles. The number of ether oxygens (including phenoxy) is 3. The molecule has 0 radical (unpaired) electrons. The van der Waals surface area contributed by atoms with E-state index in [0.29, 0.717) is 62.4 Å². The highest BCUT2D eigenvalue weighted by molar-refractivity contribution is 7.98. The van der Waals surface area contributed by atoms with Crippen molar-refractivity contribution in [1.29, 1.82) is 0 Å². The highest BCUT2D eigenvalue weighted by Gasteiger charge is 2.19. The minimum Gasteiger partial charge on any atom is -0.493 e. The van der Waals surface area contributed by atoms with Gasteiger partial charge < -0.3 is 28.2 Å². The van der Waals surface area contributed by atoms with Gasteiger partial charge in [-0.2, -0.15) is 0 Å². The first-order valence-corrected chi connectivity index (χ1v) is 10.7. The van der Waals surface area contributed by atoms with Gasteiger partial charge in [0, 0.05) is 18.4 Å². The number of aromatic nitrogens is 5. The SMILES string of the molecule is COc1cc(-c2nc(CSc3nc4c(=O)[nH]c(C)nc4n3C)c(C)o2)cc(OC)c1OC. The fourth-order valence-corrected chi connectivity index (χ4v) is 4.28. The predicted molar refractivity (Wildman–Crippen MR) is 120 cm³/mol. The van der Waals surface area contributed by atoms with Crippen molar-refractivity contribution in [3.8, 4) is 28.7 Å². The molecule has 10 nitrogen and oxygen atoms in total. The summed E-state index contributed by atoms with van der Waals surface area (Å²) in [6.07, 6.45) is 0. The lowest BCUT2D eigenvalue weighted by Gasteiger charge is -2.12. The number of aryl methyl sites for hydroxylation is 3. The summed E-state index contributed by atoms with van der Waals surface area (Å²) < 4.78 is 23.9. The number of fused-ring (bicyclic) bond motifs is 1. The largest absolute Gasteiger partial charge is 0.493 e. The minimum atomic E-state index is -0.253. The molecule has 0 aliphatic heterocycles. The van der Waals surface area contributed by atoms with Gasteiger partial charge in [-0.1, -0.05) is 11.8 Å². The van der Waals surface area contributed by atoms with Crippen molar-refractivity contribution in [2.75, 3.05) is 21.3 Å². The van der Waals surface area contributed by atoms with E-state index in [9.17, 15) is 4.79 Å². The Bertz CT molecular complexity index is 1330. The second-order valence-electron chi connectivity index (χ2n) is 7.00. The van der Waals surface area contributed by atoms with Gasteiger partial charge in [-0.25, -0.2) is 15.0 Å². The molecule has 4 aromatic rings. The Morgan fingerprint density at radius 2 is 1.75 bits per heavy atom. The number of benzene rings is 1. The first kappa shape index (κ1) is 21.8. The van der Waals surface area contributed by atoms with Crippen LogP contribution in [0.4, 0.5) is 0 Å². The number of rotatable bonds is 7. The van der Waals surface area contributed by atoms with Crippen LogP contribution in [-0.4, -0.2) is 45.8 Å². The van der Waals surface area contributed by atoms with E-state index >= 15 is 0 Å². The molecule has 0 spiro atoms. The normalized spacial score (nSPS) is 11.2. The number of aromatic amines is 1. The second-order valence-corrected chi connectivity index (χ2v) is 7.94. The molecule has 0 saturated heterocycles. The highest BCUT2D eigenvalue weighted by atomic mass is 32.2. The van der Waals surface area contributed by atoms with Gasteiger partial charge in [0.15, 0.2) is 27.8 Å². The lowest BCUT2D eigenvalue weighted by Crippen LogP contribution is -2.10. The molecule has 0 fully saturated rings. The van der Waals surface area contributed by atoms with E-state index in [0.717, 1.165) is 5.69 Å². The van der Waals surface area contributed by atoms with E-state index in [2.05, 4.69) is 19.9 Å². The maximum atomic E-state index is 12.2. The van der Waals surface area contributed by atoms with Crippen molar-refractivity contribution >= 4 is 22.9 Å². The molecule has 0 aliphatic rings. The number of hydrogen-bond donors (Lipinski definition) is 1. The quantitative estimate of drug-likeness (QED) is 0.417. The molecular formula is C21H23N5O5S. The summed E-state index contributed by atoms with van der Waals surface area (Å²) >= 11 is 1.45. The standard InChI is InChI=1S/C21H23N5O5S/c1-10-13(9-32-21-25-16-18(26(21)3)22-11(2)23-19(16)27)24-20(31-10)12-7-14(28-4)17(30-6)15(8-12)29-5/h7-8H,9H2,1-6H3,(H,22,23,27). The van der Waals surface area contributed by atoms with Crippen LogP contribution in [0.2, 0.25) is 0 Å². The molecule has 32 heavy (non-hydrogen) atoms. The van der Waals surface area contributed by atoms with Crippen molar-refractivity contribution in [2.45, 2.75) is 24.8 Å². The van der Waals surface area contributed by atoms with E-state index in [-0.39, 0.29) is 5.56 Å². The highest BCUT2D eigenvalue weighted by Crippen LogP contribution is 2.41. The van der Waals surface area contributed by atoms with Crippen molar-refractivity contribution < 1.29 is 18.6 Å². The van der Waals surface area contributed by atoms with Gasteiger partial charge in [0.25, 0.3) is 5.56 Å². The fourth-order valence-electron chi connectivity index (χ4n) is 3.31. The van der Waals surface area contributed by atoms with Crippen LogP contribution in [-0.2, 0) is 12.8 Å². The monoisotopic (exact) mass is 457 g/mol. The zero-order valence-corrected chi connectivity index (χ0v) is 19.4. The summed E-state index contributed by atoms with van der Waals surface area (Å²) in [7, 11) is 6.50. The third kappa shape index (κ3) is 3.79. The Hall–Kier alpha value is -3.47. The zero-order chi connectivity index (χ0) is 23.0. The minimum absolute atomic E-state index is 0.253. The molecule has 3 heterocycles. The van der Waals surface area contributed by atoms with Gasteiger partial charge in [0.1, 0.15) is 11.6 Å². The van der Waals surface area contributed by atoms with Gasteiger partial charge in [-0.3, -0.25) is 4.79 Å². The van der Waals surface area contributed by atoms with Crippen LogP contribution < -0.4 is 19.8 Å². The number of methoxy groups -OCH3 is 3. The van der Waals surface area contributed by atoms with Crippen molar-refractivity contribution in [3.05, 3.63) is 39.8 Å². The van der Waals surface area contributed by atoms with Crippen LogP contribution in [0.25, 0.3) is 22.6 Å². The summed E-state index contributed by atoms with van der Waals surface area (Å²) in [5.74, 6) is 3.71. The second kappa shape index (κ2) is 8.58. The lowest BCUT2D eigenvalue weighted by atomic mass is 10.2. The Balaban J connectivity index is 1.63. The average Bonchev–Trinajstić information content (AvgIpc) is 3.31. The number of hydrogen-bond acceptors (Lipinski definition) is 9. The molecule has 0 aliphatic carbocycles. The van der Waals surface area contributed by atoms with Crippen molar-refractivity contribution in [2.24, 2.45) is 7.05 Å². The number of H-pyrrole nitrogens is 1. The van der Waals surface area contributed by atoms with Crippen molar-refractivity contribution in [1.82, 2.24) is 24.5 Å². The molecule has 3 aromatic heterocycles. The fraction of sp³-hybridized carbons (Fsp3) is 0.333. The Morgan fingerprint density at radius 3 is 2.38 bits per heavy atom. The third-order valence-corrected chi connectivity index (χ3v) is 5.99. The first-order valence-electron chi connectivity index (χ1n) is 9.69. The summed E-state index contributed by atoms with van der Waals surface area (Å²) in [4.78, 5) is 28.3. The zero-order valence-electron chi connectivity index (χ0n) is 18.6. The first-order chi connectivity index (χ1) is 15.4. The molecule has 0 atom stereocenters. The van der Waals surface area contributed by atoms with E-state index in [1.54, 1.807) is 45.0 Å². The van der Waals surface area contributed by atoms with Gasteiger partial charge in [-0.05, 0) is 26.0 Å². The summed E-state index contributed by atoms with van der Waals surface area (Å²) in [5, 5.41) is 0.667. The van der Waals surface area contributed by atoms with Gasteiger partial charge in [0.2, 0.25) is 11.6 Å². The van der Waals surface area contributed by atoms with Crippen LogP contribution in [0, 0.1) is 13.8 Å². The smallest absolute Gasteiger partial charge is 0.279 e. The molecule has 0 amide bonds. The number of nitrogens with one attached hydrogen (secondary N) is 1. The Labute approximate surface area is 187 Å². The Morgan fingerprint density at radius 1 is 1.06 bits per heavy atom. The molecule has 0 saturated carbocycles. The molecule has 1 N–H and O–H groups in total. The van der Waals surface area contributed by atoms with E-state index in [4.69, 9.17) is 18.6 Å². The van der Waals surface area contributed by atoms with E-state index in [1.165, 1.54) is 11.8 Å².